The molecule has 1 saturated heterocycles. The highest BCUT2D eigenvalue weighted by molar-refractivity contribution is 14.1. The van der Waals surface area contributed by atoms with E-state index in [4.69, 9.17) is 0 Å². The highest BCUT2D eigenvalue weighted by atomic mass is 127. The number of amides is 1. The summed E-state index contributed by atoms with van der Waals surface area (Å²) in [6, 6.07) is 4.22. The van der Waals surface area contributed by atoms with Gasteiger partial charge in [-0.3, -0.25) is 4.79 Å². The van der Waals surface area contributed by atoms with Crippen molar-refractivity contribution in [3.05, 3.63) is 33.1 Å². The maximum atomic E-state index is 13.0. The van der Waals surface area contributed by atoms with E-state index in [1.54, 1.807) is 0 Å². The lowest BCUT2D eigenvalue weighted by molar-refractivity contribution is 0.0950. The minimum atomic E-state index is -0.315. The lowest BCUT2D eigenvalue weighted by Crippen LogP contribution is -2.44. The van der Waals surface area contributed by atoms with Crippen LogP contribution in [0.5, 0.6) is 0 Å². The molecule has 110 valence electrons. The highest BCUT2D eigenvalue weighted by Crippen LogP contribution is 2.13. The molecule has 2 N–H and O–H groups in total. The molecule has 0 atom stereocenters. The van der Waals surface area contributed by atoms with Crippen LogP contribution >= 0.6 is 22.6 Å². The number of hydrogen-bond donors (Lipinski definition) is 2. The molecule has 0 radical (unpaired) electrons. The maximum absolute atomic E-state index is 13.0. The molecule has 0 aliphatic carbocycles. The Hall–Kier alpha value is -0.730. The minimum Gasteiger partial charge on any atom is -0.352 e. The lowest BCUT2D eigenvalue weighted by atomic mass is 10.2. The first-order valence-electron chi connectivity index (χ1n) is 6.83. The standard InChI is InChI=1S/C14H19FIN3O/c15-11-2-3-12(13(16)10-11)14(20)18-4-1-7-19-8-5-17-6-9-19/h2-3,10,17H,1,4-9H2,(H,18,20). The Balaban J connectivity index is 1.72. The van der Waals surface area contributed by atoms with Crippen LogP contribution in [0.25, 0.3) is 0 Å². The van der Waals surface area contributed by atoms with E-state index in [9.17, 15) is 9.18 Å². The smallest absolute Gasteiger partial charge is 0.252 e. The molecule has 1 amide bonds. The van der Waals surface area contributed by atoms with Gasteiger partial charge in [-0.15, -0.1) is 0 Å². The second-order valence-electron chi connectivity index (χ2n) is 4.83. The van der Waals surface area contributed by atoms with Gasteiger partial charge in [-0.1, -0.05) is 0 Å². The van der Waals surface area contributed by atoms with Gasteiger partial charge in [-0.25, -0.2) is 4.39 Å². The Morgan fingerprint density at radius 3 is 2.85 bits per heavy atom. The second-order valence-corrected chi connectivity index (χ2v) is 5.99. The van der Waals surface area contributed by atoms with Gasteiger partial charge in [-0.05, 0) is 53.8 Å². The first kappa shape index (κ1) is 15.7. The van der Waals surface area contributed by atoms with Gasteiger partial charge in [-0.2, -0.15) is 0 Å². The minimum absolute atomic E-state index is 0.130. The van der Waals surface area contributed by atoms with Crippen LogP contribution in [0.4, 0.5) is 4.39 Å². The van der Waals surface area contributed by atoms with E-state index in [1.807, 2.05) is 22.6 Å². The third-order valence-corrected chi connectivity index (χ3v) is 4.21. The number of halogens is 2. The summed E-state index contributed by atoms with van der Waals surface area (Å²) in [7, 11) is 0. The Bertz CT molecular complexity index is 464. The summed E-state index contributed by atoms with van der Waals surface area (Å²) in [6.07, 6.45) is 0.934. The first-order valence-corrected chi connectivity index (χ1v) is 7.91. The van der Waals surface area contributed by atoms with E-state index in [0.717, 1.165) is 39.1 Å². The Kier molecular flexibility index (Phi) is 6.18. The quantitative estimate of drug-likeness (QED) is 0.590. The van der Waals surface area contributed by atoms with Gasteiger partial charge >= 0.3 is 0 Å². The normalized spacial score (nSPS) is 16.1. The van der Waals surface area contributed by atoms with Crippen LogP contribution in [0.2, 0.25) is 0 Å². The molecule has 6 heteroatoms. The molecule has 1 aromatic carbocycles. The van der Waals surface area contributed by atoms with Crippen LogP contribution in [0.3, 0.4) is 0 Å². The zero-order valence-electron chi connectivity index (χ0n) is 11.3. The second kappa shape index (κ2) is 7.90. The number of nitrogens with zero attached hydrogens (tertiary/aromatic N) is 1. The maximum Gasteiger partial charge on any atom is 0.252 e. The lowest BCUT2D eigenvalue weighted by Gasteiger charge is -2.27. The van der Waals surface area contributed by atoms with Crippen LogP contribution in [-0.4, -0.2) is 50.1 Å². The number of carbonyl (C=O) groups excluding carboxylic acids is 1. The fourth-order valence-electron chi connectivity index (χ4n) is 2.21. The summed E-state index contributed by atoms with van der Waals surface area (Å²) in [5, 5.41) is 6.20. The number of hydrogen-bond acceptors (Lipinski definition) is 3. The number of carbonyl (C=O) groups is 1. The van der Waals surface area contributed by atoms with Gasteiger partial charge in [0.2, 0.25) is 0 Å². The number of rotatable bonds is 5. The van der Waals surface area contributed by atoms with Crippen molar-refractivity contribution in [1.82, 2.24) is 15.5 Å². The summed E-state index contributed by atoms with van der Waals surface area (Å²) in [5.41, 5.74) is 0.536. The monoisotopic (exact) mass is 391 g/mol. The topological polar surface area (TPSA) is 44.4 Å². The van der Waals surface area contributed by atoms with Crippen molar-refractivity contribution in [2.45, 2.75) is 6.42 Å². The molecule has 1 aromatic rings. The third kappa shape index (κ3) is 4.68. The average molecular weight is 391 g/mol. The molecular weight excluding hydrogens is 372 g/mol. The summed E-state index contributed by atoms with van der Waals surface area (Å²) < 4.78 is 13.6. The first-order chi connectivity index (χ1) is 9.66. The molecule has 0 aromatic heterocycles. The van der Waals surface area contributed by atoms with Crippen molar-refractivity contribution in [3.63, 3.8) is 0 Å². The van der Waals surface area contributed by atoms with E-state index in [-0.39, 0.29) is 11.7 Å². The van der Waals surface area contributed by atoms with E-state index in [2.05, 4.69) is 15.5 Å². The largest absolute Gasteiger partial charge is 0.352 e. The molecule has 2 rings (SSSR count). The summed E-state index contributed by atoms with van der Waals surface area (Å²) >= 11 is 1.98. The average Bonchev–Trinajstić information content (AvgIpc) is 2.44. The van der Waals surface area contributed by atoms with Gasteiger partial charge in [0.15, 0.2) is 0 Å². The highest BCUT2D eigenvalue weighted by Gasteiger charge is 2.11. The van der Waals surface area contributed by atoms with Gasteiger partial charge in [0.05, 0.1) is 5.56 Å². The predicted octanol–water partition coefficient (Wildman–Crippen LogP) is 1.46. The Morgan fingerprint density at radius 2 is 2.15 bits per heavy atom. The SMILES string of the molecule is O=C(NCCCN1CCNCC1)c1ccc(F)cc1I. The summed E-state index contributed by atoms with van der Waals surface area (Å²) in [5.74, 6) is -0.445. The Labute approximate surface area is 132 Å². The number of benzene rings is 1. The number of nitrogens with one attached hydrogen (secondary N) is 2. The van der Waals surface area contributed by atoms with Crippen LogP contribution in [0.1, 0.15) is 16.8 Å². The van der Waals surface area contributed by atoms with Crippen LogP contribution in [-0.2, 0) is 0 Å². The Morgan fingerprint density at radius 1 is 1.40 bits per heavy atom. The molecular formula is C14H19FIN3O. The van der Waals surface area contributed by atoms with Crippen LogP contribution in [0.15, 0.2) is 18.2 Å². The van der Waals surface area contributed by atoms with Crippen molar-refractivity contribution < 1.29 is 9.18 Å². The van der Waals surface area contributed by atoms with E-state index >= 15 is 0 Å². The molecule has 0 unspecified atom stereocenters. The van der Waals surface area contributed by atoms with Crippen molar-refractivity contribution >= 4 is 28.5 Å². The fraction of sp³-hybridized carbons (Fsp3) is 0.500. The number of piperazine rings is 1. The van der Waals surface area contributed by atoms with Gasteiger partial charge in [0.1, 0.15) is 5.82 Å². The molecule has 0 bridgehead atoms. The zero-order valence-corrected chi connectivity index (χ0v) is 13.5. The fourth-order valence-corrected chi connectivity index (χ4v) is 2.93. The summed E-state index contributed by atoms with van der Waals surface area (Å²) in [4.78, 5) is 14.4. The van der Waals surface area contributed by atoms with Crippen LogP contribution in [0, 0.1) is 9.39 Å². The molecule has 1 aliphatic rings. The third-order valence-electron chi connectivity index (χ3n) is 3.32. The van der Waals surface area contributed by atoms with E-state index < -0.39 is 0 Å². The van der Waals surface area contributed by atoms with Crippen molar-refractivity contribution in [3.8, 4) is 0 Å². The van der Waals surface area contributed by atoms with Gasteiger partial charge in [0.25, 0.3) is 5.91 Å². The van der Waals surface area contributed by atoms with Crippen LogP contribution < -0.4 is 10.6 Å². The summed E-state index contributed by atoms with van der Waals surface area (Å²) in [6.45, 7) is 5.88. The van der Waals surface area contributed by atoms with Gasteiger partial charge in [0, 0.05) is 36.3 Å². The van der Waals surface area contributed by atoms with E-state index in [0.29, 0.717) is 15.7 Å². The molecule has 1 heterocycles. The molecule has 0 spiro atoms. The van der Waals surface area contributed by atoms with Crippen molar-refractivity contribution in [1.29, 1.82) is 0 Å². The van der Waals surface area contributed by atoms with Crippen molar-refractivity contribution in [2.75, 3.05) is 39.3 Å². The molecule has 4 nitrogen and oxygen atoms in total. The molecule has 1 aliphatic heterocycles. The molecule has 20 heavy (non-hydrogen) atoms. The molecule has 1 fully saturated rings. The zero-order chi connectivity index (χ0) is 14.4. The van der Waals surface area contributed by atoms with Gasteiger partial charge < -0.3 is 15.5 Å². The van der Waals surface area contributed by atoms with E-state index in [1.165, 1.54) is 18.2 Å². The predicted molar refractivity (Wildman–Crippen MR) is 85.4 cm³/mol. The molecule has 0 saturated carbocycles. The van der Waals surface area contributed by atoms with Crippen molar-refractivity contribution in [2.24, 2.45) is 0 Å².